The summed E-state index contributed by atoms with van der Waals surface area (Å²) in [6, 6.07) is 6.07. The van der Waals surface area contributed by atoms with Crippen molar-refractivity contribution in [1.82, 2.24) is 10.2 Å². The average Bonchev–Trinajstić information content (AvgIpc) is 2.73. The highest BCUT2D eigenvalue weighted by Crippen LogP contribution is 2.16. The van der Waals surface area contributed by atoms with Crippen molar-refractivity contribution in [1.29, 1.82) is 0 Å². The van der Waals surface area contributed by atoms with Gasteiger partial charge in [0, 0.05) is 5.69 Å². The number of hydrogen-bond donors (Lipinski definition) is 2. The van der Waals surface area contributed by atoms with Gasteiger partial charge in [0.05, 0.1) is 6.54 Å². The number of hydrogen-bond acceptors (Lipinski definition) is 5. The number of amides is 1. The fourth-order valence-electron chi connectivity index (χ4n) is 1.70. The first-order valence-corrected chi connectivity index (χ1v) is 6.77. The predicted molar refractivity (Wildman–Crippen MR) is 77.7 cm³/mol. The van der Waals surface area contributed by atoms with Crippen molar-refractivity contribution in [3.05, 3.63) is 34.3 Å². The van der Waals surface area contributed by atoms with Gasteiger partial charge in [-0.2, -0.15) is 0 Å². The highest BCUT2D eigenvalue weighted by molar-refractivity contribution is 7.15. The van der Waals surface area contributed by atoms with E-state index in [1.54, 1.807) is 0 Å². The highest BCUT2D eigenvalue weighted by Gasteiger charge is 2.06. The molecule has 0 fully saturated rings. The van der Waals surface area contributed by atoms with Crippen LogP contribution in [0.4, 0.5) is 10.8 Å². The van der Waals surface area contributed by atoms with Gasteiger partial charge in [0.1, 0.15) is 5.01 Å². The average molecular weight is 276 g/mol. The molecule has 100 valence electrons. The van der Waals surface area contributed by atoms with Gasteiger partial charge in [-0.15, -0.1) is 10.2 Å². The molecule has 0 saturated heterocycles. The largest absolute Gasteiger partial charge is 0.376 e. The van der Waals surface area contributed by atoms with E-state index in [0.29, 0.717) is 5.13 Å². The minimum Gasteiger partial charge on any atom is -0.376 e. The lowest BCUT2D eigenvalue weighted by atomic mass is 10.1. The van der Waals surface area contributed by atoms with E-state index < -0.39 is 0 Å². The third kappa shape index (κ3) is 3.75. The van der Waals surface area contributed by atoms with Crippen molar-refractivity contribution in [2.45, 2.75) is 20.8 Å². The maximum absolute atomic E-state index is 11.7. The van der Waals surface area contributed by atoms with Gasteiger partial charge in [-0.1, -0.05) is 29.0 Å². The first-order chi connectivity index (χ1) is 9.04. The van der Waals surface area contributed by atoms with E-state index in [1.807, 2.05) is 32.9 Å². The molecule has 1 aromatic heterocycles. The van der Waals surface area contributed by atoms with E-state index in [0.717, 1.165) is 16.3 Å². The molecule has 0 spiro atoms. The zero-order valence-electron chi connectivity index (χ0n) is 11.2. The summed E-state index contributed by atoms with van der Waals surface area (Å²) in [7, 11) is 0. The van der Waals surface area contributed by atoms with Gasteiger partial charge < -0.3 is 5.32 Å². The molecule has 0 aliphatic rings. The second-order valence-corrected chi connectivity index (χ2v) is 5.53. The monoisotopic (exact) mass is 276 g/mol. The second-order valence-electron chi connectivity index (χ2n) is 4.35. The van der Waals surface area contributed by atoms with Crippen LogP contribution < -0.4 is 10.6 Å². The molecule has 19 heavy (non-hydrogen) atoms. The molecule has 0 aliphatic carbocycles. The summed E-state index contributed by atoms with van der Waals surface area (Å²) in [4.78, 5) is 11.7. The van der Waals surface area contributed by atoms with Crippen LogP contribution in [0.5, 0.6) is 0 Å². The molecule has 1 heterocycles. The number of carbonyl (C=O) groups excluding carboxylic acids is 1. The Morgan fingerprint density at radius 1 is 1.26 bits per heavy atom. The van der Waals surface area contributed by atoms with Crippen molar-refractivity contribution < 1.29 is 4.79 Å². The Labute approximate surface area is 116 Å². The molecule has 0 unspecified atom stereocenters. The molecular formula is C13H16N4OS. The van der Waals surface area contributed by atoms with Crippen LogP contribution in [0.2, 0.25) is 0 Å². The molecule has 5 nitrogen and oxygen atoms in total. The molecule has 2 N–H and O–H groups in total. The fraction of sp³-hybridized carbons (Fsp3) is 0.308. The van der Waals surface area contributed by atoms with Crippen LogP contribution in [0.1, 0.15) is 16.1 Å². The topological polar surface area (TPSA) is 66.9 Å². The van der Waals surface area contributed by atoms with E-state index in [2.05, 4.69) is 26.9 Å². The molecule has 0 radical (unpaired) electrons. The molecule has 0 saturated carbocycles. The highest BCUT2D eigenvalue weighted by atomic mass is 32.1. The number of aryl methyl sites for hydroxylation is 3. The van der Waals surface area contributed by atoms with Gasteiger partial charge >= 0.3 is 0 Å². The van der Waals surface area contributed by atoms with Gasteiger partial charge in [-0.25, -0.2) is 0 Å². The third-order valence-corrected chi connectivity index (χ3v) is 3.35. The number of anilines is 2. The lowest BCUT2D eigenvalue weighted by Crippen LogP contribution is -2.22. The van der Waals surface area contributed by atoms with Gasteiger partial charge in [-0.3, -0.25) is 10.1 Å². The normalized spacial score (nSPS) is 10.3. The predicted octanol–water partition coefficient (Wildman–Crippen LogP) is 2.51. The third-order valence-electron chi connectivity index (χ3n) is 2.59. The summed E-state index contributed by atoms with van der Waals surface area (Å²) in [5.41, 5.74) is 3.30. The van der Waals surface area contributed by atoms with Crippen molar-refractivity contribution in [2.24, 2.45) is 0 Å². The summed E-state index contributed by atoms with van der Waals surface area (Å²) in [6.07, 6.45) is 0. The number of nitrogens with zero attached hydrogens (tertiary/aromatic N) is 2. The molecule has 0 atom stereocenters. The Hall–Kier alpha value is -1.95. The van der Waals surface area contributed by atoms with Crippen LogP contribution in [0, 0.1) is 20.8 Å². The Bertz CT molecular complexity index is 594. The van der Waals surface area contributed by atoms with Crippen molar-refractivity contribution in [3.8, 4) is 0 Å². The lowest BCUT2D eigenvalue weighted by molar-refractivity contribution is -0.114. The maximum Gasteiger partial charge on any atom is 0.245 e. The van der Waals surface area contributed by atoms with Crippen LogP contribution in [0.3, 0.4) is 0 Å². The molecular weight excluding hydrogens is 260 g/mol. The van der Waals surface area contributed by atoms with E-state index >= 15 is 0 Å². The lowest BCUT2D eigenvalue weighted by Gasteiger charge is -2.09. The quantitative estimate of drug-likeness (QED) is 0.900. The molecule has 0 bridgehead atoms. The Balaban J connectivity index is 1.89. The number of nitrogens with one attached hydrogen (secondary N) is 2. The number of benzene rings is 1. The van der Waals surface area contributed by atoms with Crippen LogP contribution in [0.25, 0.3) is 0 Å². The van der Waals surface area contributed by atoms with Crippen LogP contribution in [-0.4, -0.2) is 22.6 Å². The Morgan fingerprint density at radius 3 is 2.68 bits per heavy atom. The smallest absolute Gasteiger partial charge is 0.245 e. The fourth-order valence-corrected chi connectivity index (χ4v) is 2.31. The zero-order valence-corrected chi connectivity index (χ0v) is 12.0. The zero-order chi connectivity index (χ0) is 13.8. The van der Waals surface area contributed by atoms with Crippen LogP contribution in [-0.2, 0) is 4.79 Å². The van der Waals surface area contributed by atoms with E-state index in [4.69, 9.17) is 0 Å². The first kappa shape index (κ1) is 13.5. The molecule has 6 heteroatoms. The molecule has 0 aliphatic heterocycles. The summed E-state index contributed by atoms with van der Waals surface area (Å²) < 4.78 is 0. The maximum atomic E-state index is 11.7. The number of aromatic nitrogens is 2. The molecule has 2 rings (SSSR count). The number of carbonyl (C=O) groups is 1. The van der Waals surface area contributed by atoms with Crippen molar-refractivity contribution in [2.75, 3.05) is 17.2 Å². The van der Waals surface area contributed by atoms with Gasteiger partial charge in [0.2, 0.25) is 11.0 Å². The minimum absolute atomic E-state index is 0.129. The Morgan fingerprint density at radius 2 is 2.05 bits per heavy atom. The van der Waals surface area contributed by atoms with E-state index in [1.165, 1.54) is 16.9 Å². The number of rotatable bonds is 4. The molecule has 1 amide bonds. The Kier molecular flexibility index (Phi) is 4.11. The second kappa shape index (κ2) is 5.79. The first-order valence-electron chi connectivity index (χ1n) is 5.95. The summed E-state index contributed by atoms with van der Waals surface area (Å²) in [5.74, 6) is -0.129. The standard InChI is InChI=1S/C13H16N4OS/c1-8-4-5-11(9(2)6-8)14-7-12(18)15-13-17-16-10(3)19-13/h4-6,14H,7H2,1-3H3,(H,15,17,18). The summed E-state index contributed by atoms with van der Waals surface area (Å²) in [6.45, 7) is 6.12. The van der Waals surface area contributed by atoms with E-state index in [9.17, 15) is 4.79 Å². The van der Waals surface area contributed by atoms with Crippen LogP contribution >= 0.6 is 11.3 Å². The molecule has 2 aromatic rings. The summed E-state index contributed by atoms with van der Waals surface area (Å²) in [5, 5.41) is 14.9. The van der Waals surface area contributed by atoms with E-state index in [-0.39, 0.29) is 12.5 Å². The van der Waals surface area contributed by atoms with Crippen LogP contribution in [0.15, 0.2) is 18.2 Å². The van der Waals surface area contributed by atoms with Gasteiger partial charge in [0.25, 0.3) is 0 Å². The van der Waals surface area contributed by atoms with Crippen molar-refractivity contribution in [3.63, 3.8) is 0 Å². The summed E-state index contributed by atoms with van der Waals surface area (Å²) >= 11 is 1.36. The van der Waals surface area contributed by atoms with Crippen molar-refractivity contribution >= 4 is 28.1 Å². The molecule has 1 aromatic carbocycles. The van der Waals surface area contributed by atoms with Gasteiger partial charge in [0.15, 0.2) is 0 Å². The minimum atomic E-state index is -0.129. The SMILES string of the molecule is Cc1ccc(NCC(=O)Nc2nnc(C)s2)c(C)c1. The van der Waals surface area contributed by atoms with Gasteiger partial charge in [-0.05, 0) is 32.4 Å².